The molecule has 9 nitrogen and oxygen atoms in total. The standard InChI is InChI=1S/C21H27N5O4/c1-11-15(19(27)23-2-3-24-20(28)17-18(22)26-30-25-17)7-16(29-11)21-8-12-4-13(9-21)6-14(5-12)10-21/h7,12-14H,2-6,8-10H2,1H3,(H2,22,26)(H,23,27)(H,24,28). The van der Waals surface area contributed by atoms with E-state index in [0.717, 1.165) is 23.5 Å². The molecule has 6 rings (SSSR count). The minimum absolute atomic E-state index is 0.0628. The third-order valence-electron chi connectivity index (χ3n) is 7.15. The fraction of sp³-hybridized carbons (Fsp3) is 0.619. The quantitative estimate of drug-likeness (QED) is 0.617. The molecule has 0 spiro atoms. The lowest BCUT2D eigenvalue weighted by molar-refractivity contribution is -0.0154. The van der Waals surface area contributed by atoms with Gasteiger partial charge in [-0.25, -0.2) is 4.63 Å². The van der Waals surface area contributed by atoms with Crippen LogP contribution in [0.15, 0.2) is 15.1 Å². The highest BCUT2D eigenvalue weighted by Gasteiger charge is 2.53. The number of amides is 2. The van der Waals surface area contributed by atoms with Crippen LogP contribution in [0.4, 0.5) is 5.82 Å². The molecule has 2 amide bonds. The van der Waals surface area contributed by atoms with Gasteiger partial charge in [0.1, 0.15) is 11.5 Å². The number of anilines is 1. The number of aromatic nitrogens is 2. The van der Waals surface area contributed by atoms with E-state index in [1.165, 1.54) is 38.5 Å². The second kappa shape index (κ2) is 7.14. The van der Waals surface area contributed by atoms with E-state index in [1.54, 1.807) is 0 Å². The zero-order valence-electron chi connectivity index (χ0n) is 17.1. The van der Waals surface area contributed by atoms with Crippen LogP contribution in [-0.4, -0.2) is 35.2 Å². The molecule has 4 bridgehead atoms. The van der Waals surface area contributed by atoms with Gasteiger partial charge < -0.3 is 20.8 Å². The first-order chi connectivity index (χ1) is 14.4. The summed E-state index contributed by atoms with van der Waals surface area (Å²) in [4.78, 5) is 24.6. The van der Waals surface area contributed by atoms with Gasteiger partial charge in [0.15, 0.2) is 0 Å². The Balaban J connectivity index is 1.20. The van der Waals surface area contributed by atoms with Crippen LogP contribution in [0.2, 0.25) is 0 Å². The highest BCUT2D eigenvalue weighted by atomic mass is 16.6. The predicted octanol–water partition coefficient (Wildman–Crippen LogP) is 2.18. The molecule has 2 aromatic heterocycles. The molecule has 9 heteroatoms. The second-order valence-electron chi connectivity index (χ2n) is 9.29. The van der Waals surface area contributed by atoms with E-state index in [2.05, 4.69) is 25.6 Å². The van der Waals surface area contributed by atoms with Gasteiger partial charge >= 0.3 is 0 Å². The van der Waals surface area contributed by atoms with Crippen molar-refractivity contribution in [2.24, 2.45) is 17.8 Å². The number of nitrogens with two attached hydrogens (primary N) is 1. The average Bonchev–Trinajstić information content (AvgIpc) is 3.30. The van der Waals surface area contributed by atoms with Crippen LogP contribution >= 0.6 is 0 Å². The van der Waals surface area contributed by atoms with E-state index in [4.69, 9.17) is 10.2 Å². The van der Waals surface area contributed by atoms with Crippen LogP contribution in [0.25, 0.3) is 0 Å². The summed E-state index contributed by atoms with van der Waals surface area (Å²) in [5, 5.41) is 12.3. The summed E-state index contributed by atoms with van der Waals surface area (Å²) in [5.41, 5.74) is 6.13. The second-order valence-corrected chi connectivity index (χ2v) is 9.29. The van der Waals surface area contributed by atoms with Crippen molar-refractivity contribution in [2.45, 2.75) is 50.9 Å². The molecule has 0 atom stereocenters. The van der Waals surface area contributed by atoms with Gasteiger partial charge in [-0.15, -0.1) is 0 Å². The highest BCUT2D eigenvalue weighted by Crippen LogP contribution is 2.61. The smallest absolute Gasteiger partial charge is 0.277 e. The molecular weight excluding hydrogens is 386 g/mol. The first kappa shape index (κ1) is 19.1. The minimum atomic E-state index is -0.494. The van der Waals surface area contributed by atoms with Gasteiger partial charge in [-0.05, 0) is 79.6 Å². The van der Waals surface area contributed by atoms with Gasteiger partial charge in [0, 0.05) is 18.5 Å². The monoisotopic (exact) mass is 413 g/mol. The number of nitrogen functional groups attached to an aromatic ring is 1. The van der Waals surface area contributed by atoms with Gasteiger partial charge in [0.2, 0.25) is 11.5 Å². The van der Waals surface area contributed by atoms with Gasteiger partial charge in [0.25, 0.3) is 11.8 Å². The van der Waals surface area contributed by atoms with E-state index < -0.39 is 5.91 Å². The van der Waals surface area contributed by atoms with E-state index >= 15 is 0 Å². The third-order valence-corrected chi connectivity index (χ3v) is 7.15. The third kappa shape index (κ3) is 3.26. The van der Waals surface area contributed by atoms with Crippen molar-refractivity contribution in [3.8, 4) is 0 Å². The summed E-state index contributed by atoms with van der Waals surface area (Å²) in [5.74, 6) is 3.35. The number of carbonyl (C=O) groups excluding carboxylic acids is 2. The Bertz CT molecular complexity index is 943. The molecule has 30 heavy (non-hydrogen) atoms. The first-order valence-electron chi connectivity index (χ1n) is 10.7. The maximum atomic E-state index is 12.7. The van der Waals surface area contributed by atoms with Crippen molar-refractivity contribution in [1.29, 1.82) is 0 Å². The summed E-state index contributed by atoms with van der Waals surface area (Å²) in [6.07, 6.45) is 7.69. The lowest BCUT2D eigenvalue weighted by Crippen LogP contribution is -2.48. The molecule has 4 saturated carbocycles. The van der Waals surface area contributed by atoms with Crippen LogP contribution in [0.1, 0.15) is 70.9 Å². The van der Waals surface area contributed by atoms with Crippen molar-refractivity contribution in [2.75, 3.05) is 18.8 Å². The minimum Gasteiger partial charge on any atom is -0.465 e. The van der Waals surface area contributed by atoms with E-state index in [9.17, 15) is 9.59 Å². The molecule has 4 aliphatic carbocycles. The van der Waals surface area contributed by atoms with Crippen LogP contribution in [-0.2, 0) is 5.41 Å². The number of carbonyl (C=O) groups is 2. The Morgan fingerprint density at radius 2 is 1.67 bits per heavy atom. The Labute approximate surface area is 174 Å². The molecule has 160 valence electrons. The molecule has 0 saturated heterocycles. The fourth-order valence-electron chi connectivity index (χ4n) is 6.27. The zero-order chi connectivity index (χ0) is 20.9. The van der Waals surface area contributed by atoms with Gasteiger partial charge in [-0.2, -0.15) is 0 Å². The summed E-state index contributed by atoms with van der Waals surface area (Å²) in [7, 11) is 0. The maximum absolute atomic E-state index is 12.7. The molecule has 4 aliphatic rings. The Morgan fingerprint density at radius 3 is 2.23 bits per heavy atom. The lowest BCUT2D eigenvalue weighted by Gasteiger charge is -2.55. The Hall–Kier alpha value is -2.84. The fourth-order valence-corrected chi connectivity index (χ4v) is 6.27. The normalized spacial score (nSPS) is 29.2. The van der Waals surface area contributed by atoms with Crippen LogP contribution in [0.3, 0.4) is 0 Å². The number of nitrogens with zero attached hydrogens (tertiary/aromatic N) is 2. The molecule has 0 aromatic carbocycles. The van der Waals surface area contributed by atoms with Crippen molar-refractivity contribution in [3.63, 3.8) is 0 Å². The van der Waals surface area contributed by atoms with E-state index in [0.29, 0.717) is 11.3 Å². The van der Waals surface area contributed by atoms with E-state index in [-0.39, 0.29) is 35.9 Å². The van der Waals surface area contributed by atoms with Crippen molar-refractivity contribution in [1.82, 2.24) is 20.9 Å². The first-order valence-corrected chi connectivity index (χ1v) is 10.7. The molecule has 4 N–H and O–H groups in total. The largest absolute Gasteiger partial charge is 0.465 e. The van der Waals surface area contributed by atoms with Crippen LogP contribution < -0.4 is 16.4 Å². The number of nitrogens with one attached hydrogen (secondary N) is 2. The Kier molecular flexibility index (Phi) is 4.56. The molecule has 2 aromatic rings. The van der Waals surface area contributed by atoms with E-state index in [1.807, 2.05) is 13.0 Å². The summed E-state index contributed by atoms with van der Waals surface area (Å²) in [6, 6.07) is 1.96. The number of hydrogen-bond donors (Lipinski definition) is 3. The number of rotatable bonds is 6. The van der Waals surface area contributed by atoms with Crippen molar-refractivity contribution in [3.05, 3.63) is 28.8 Å². The molecule has 2 heterocycles. The predicted molar refractivity (Wildman–Crippen MR) is 107 cm³/mol. The molecule has 4 fully saturated rings. The topological polar surface area (TPSA) is 136 Å². The number of hydrogen-bond acceptors (Lipinski definition) is 7. The molecule has 0 unspecified atom stereocenters. The summed E-state index contributed by atoms with van der Waals surface area (Å²) >= 11 is 0. The molecular formula is C21H27N5O4. The lowest BCUT2D eigenvalue weighted by atomic mass is 9.49. The SMILES string of the molecule is Cc1oc(C23CC4CC(CC(C4)C2)C3)cc1C(=O)NCCNC(=O)c1nonc1N. The summed E-state index contributed by atoms with van der Waals surface area (Å²) < 4.78 is 10.6. The summed E-state index contributed by atoms with van der Waals surface area (Å²) in [6.45, 7) is 2.35. The van der Waals surface area contributed by atoms with Gasteiger partial charge in [0.05, 0.1) is 5.56 Å². The number of furan rings is 1. The van der Waals surface area contributed by atoms with Gasteiger partial charge in [-0.1, -0.05) is 0 Å². The van der Waals surface area contributed by atoms with Gasteiger partial charge in [-0.3, -0.25) is 9.59 Å². The Morgan fingerprint density at radius 1 is 1.07 bits per heavy atom. The zero-order valence-corrected chi connectivity index (χ0v) is 17.1. The average molecular weight is 413 g/mol. The molecule has 0 radical (unpaired) electrons. The van der Waals surface area contributed by atoms with Crippen LogP contribution in [0.5, 0.6) is 0 Å². The molecule has 0 aliphatic heterocycles. The van der Waals surface area contributed by atoms with Crippen LogP contribution in [0, 0.1) is 24.7 Å². The number of aryl methyl sites for hydroxylation is 1. The van der Waals surface area contributed by atoms with Crippen molar-refractivity contribution >= 4 is 17.6 Å². The van der Waals surface area contributed by atoms with Crippen molar-refractivity contribution < 1.29 is 18.6 Å². The highest BCUT2D eigenvalue weighted by molar-refractivity contribution is 5.96. The maximum Gasteiger partial charge on any atom is 0.277 e.